The Morgan fingerprint density at radius 3 is 2.80 bits per heavy atom. The molecule has 1 aliphatic heterocycles. The fraction of sp³-hybridized carbons (Fsp3) is 0.562. The molecule has 20 heavy (non-hydrogen) atoms. The molecule has 1 aromatic rings. The van der Waals surface area contributed by atoms with Gasteiger partial charge in [-0.05, 0) is 27.0 Å². The highest BCUT2D eigenvalue weighted by atomic mass is 16.5. The van der Waals surface area contributed by atoms with E-state index in [-0.39, 0.29) is 6.04 Å². The summed E-state index contributed by atoms with van der Waals surface area (Å²) in [4.78, 5) is 4.59. The lowest BCUT2D eigenvalue weighted by molar-refractivity contribution is 0.0871. The lowest BCUT2D eigenvalue weighted by Crippen LogP contribution is -2.50. The highest BCUT2D eigenvalue weighted by Crippen LogP contribution is 2.30. The largest absolute Gasteiger partial charge is 0.493 e. The van der Waals surface area contributed by atoms with E-state index < -0.39 is 0 Å². The molecule has 0 radical (unpaired) electrons. The van der Waals surface area contributed by atoms with Gasteiger partial charge in [-0.2, -0.15) is 5.26 Å². The van der Waals surface area contributed by atoms with Crippen LogP contribution in [0.4, 0.5) is 0 Å². The minimum Gasteiger partial charge on any atom is -0.493 e. The standard InChI is InChI=1S/C16H23N3O/c1-4-20-16-8-6-5-7-14(16)15(11-17)19-10-9-18(3)13(2)12-19/h5-8,13,15H,4,9-10,12H2,1-3H3. The molecule has 0 aliphatic carbocycles. The van der Waals surface area contributed by atoms with Gasteiger partial charge >= 0.3 is 0 Å². The van der Waals surface area contributed by atoms with Crippen LogP contribution in [0, 0.1) is 11.3 Å². The molecule has 1 aromatic carbocycles. The summed E-state index contributed by atoms with van der Waals surface area (Å²) in [7, 11) is 2.14. The summed E-state index contributed by atoms with van der Waals surface area (Å²) in [5, 5.41) is 9.62. The van der Waals surface area contributed by atoms with Gasteiger partial charge in [-0.15, -0.1) is 0 Å². The number of nitriles is 1. The Morgan fingerprint density at radius 2 is 2.15 bits per heavy atom. The third kappa shape index (κ3) is 3.12. The number of likely N-dealkylation sites (N-methyl/N-ethyl adjacent to an activating group) is 1. The first-order chi connectivity index (χ1) is 9.67. The van der Waals surface area contributed by atoms with Crippen LogP contribution >= 0.6 is 0 Å². The zero-order chi connectivity index (χ0) is 14.5. The Morgan fingerprint density at radius 1 is 1.40 bits per heavy atom. The summed E-state index contributed by atoms with van der Waals surface area (Å²) in [5.74, 6) is 0.827. The zero-order valence-electron chi connectivity index (χ0n) is 12.5. The van der Waals surface area contributed by atoms with E-state index in [2.05, 4.69) is 29.8 Å². The van der Waals surface area contributed by atoms with Crippen molar-refractivity contribution >= 4 is 0 Å². The molecule has 1 heterocycles. The number of para-hydroxylation sites is 1. The van der Waals surface area contributed by atoms with Crippen LogP contribution in [0.25, 0.3) is 0 Å². The topological polar surface area (TPSA) is 39.5 Å². The van der Waals surface area contributed by atoms with Crippen molar-refractivity contribution < 1.29 is 4.74 Å². The highest BCUT2D eigenvalue weighted by Gasteiger charge is 2.29. The molecule has 108 valence electrons. The molecule has 0 amide bonds. The molecule has 1 fully saturated rings. The fourth-order valence-electron chi connectivity index (χ4n) is 2.65. The molecule has 2 unspecified atom stereocenters. The second-order valence-electron chi connectivity index (χ2n) is 5.33. The maximum absolute atomic E-state index is 9.62. The number of benzene rings is 1. The number of hydrogen-bond donors (Lipinski definition) is 0. The SMILES string of the molecule is CCOc1ccccc1C(C#N)N1CCN(C)C(C)C1. The molecule has 0 N–H and O–H groups in total. The molecule has 2 rings (SSSR count). The van der Waals surface area contributed by atoms with Crippen molar-refractivity contribution in [3.8, 4) is 11.8 Å². The van der Waals surface area contributed by atoms with Crippen molar-refractivity contribution in [2.75, 3.05) is 33.3 Å². The first-order valence-corrected chi connectivity index (χ1v) is 7.23. The van der Waals surface area contributed by atoms with Crippen LogP contribution in [0.2, 0.25) is 0 Å². The van der Waals surface area contributed by atoms with Crippen molar-refractivity contribution in [1.29, 1.82) is 5.26 Å². The van der Waals surface area contributed by atoms with E-state index in [1.54, 1.807) is 0 Å². The van der Waals surface area contributed by atoms with Gasteiger partial charge < -0.3 is 9.64 Å². The Hall–Kier alpha value is -1.57. The maximum Gasteiger partial charge on any atom is 0.127 e. The van der Waals surface area contributed by atoms with Crippen LogP contribution in [-0.4, -0.2) is 49.1 Å². The molecule has 4 nitrogen and oxygen atoms in total. The third-order valence-corrected chi connectivity index (χ3v) is 3.99. The number of hydrogen-bond acceptors (Lipinski definition) is 4. The van der Waals surface area contributed by atoms with Gasteiger partial charge in [0, 0.05) is 31.2 Å². The van der Waals surface area contributed by atoms with Gasteiger partial charge in [0.15, 0.2) is 0 Å². The minimum atomic E-state index is -0.228. The van der Waals surface area contributed by atoms with Crippen LogP contribution in [0.3, 0.4) is 0 Å². The van der Waals surface area contributed by atoms with E-state index in [4.69, 9.17) is 4.74 Å². The molecule has 0 bridgehead atoms. The summed E-state index contributed by atoms with van der Waals surface area (Å²) in [6.45, 7) is 7.62. The van der Waals surface area contributed by atoms with Crippen LogP contribution in [0.1, 0.15) is 25.5 Å². The number of ether oxygens (including phenoxy) is 1. The van der Waals surface area contributed by atoms with E-state index in [1.165, 1.54) is 0 Å². The average Bonchev–Trinajstić information content (AvgIpc) is 2.45. The van der Waals surface area contributed by atoms with E-state index in [0.717, 1.165) is 30.9 Å². The first-order valence-electron chi connectivity index (χ1n) is 7.23. The summed E-state index contributed by atoms with van der Waals surface area (Å²) < 4.78 is 5.67. The van der Waals surface area contributed by atoms with Crippen molar-refractivity contribution in [3.05, 3.63) is 29.8 Å². The molecule has 1 aliphatic rings. The molecule has 4 heteroatoms. The minimum absolute atomic E-state index is 0.228. The second kappa shape index (κ2) is 6.74. The summed E-state index contributed by atoms with van der Waals surface area (Å²) in [6, 6.07) is 10.6. The predicted octanol–water partition coefficient (Wildman–Crippen LogP) is 2.29. The van der Waals surface area contributed by atoms with E-state index in [9.17, 15) is 5.26 Å². The van der Waals surface area contributed by atoms with Crippen LogP contribution < -0.4 is 4.74 Å². The zero-order valence-corrected chi connectivity index (χ0v) is 12.5. The Balaban J connectivity index is 2.23. The number of nitrogens with zero attached hydrogens (tertiary/aromatic N) is 3. The predicted molar refractivity (Wildman–Crippen MR) is 79.6 cm³/mol. The normalized spacial score (nSPS) is 22.2. The molecular weight excluding hydrogens is 250 g/mol. The van der Waals surface area contributed by atoms with Gasteiger partial charge in [0.2, 0.25) is 0 Å². The quantitative estimate of drug-likeness (QED) is 0.844. The van der Waals surface area contributed by atoms with Gasteiger partial charge in [-0.1, -0.05) is 18.2 Å². The smallest absolute Gasteiger partial charge is 0.127 e. The molecular formula is C16H23N3O. The highest BCUT2D eigenvalue weighted by molar-refractivity contribution is 5.38. The van der Waals surface area contributed by atoms with E-state index in [1.807, 2.05) is 31.2 Å². The number of piperazine rings is 1. The van der Waals surface area contributed by atoms with Crippen LogP contribution in [0.5, 0.6) is 5.75 Å². The van der Waals surface area contributed by atoms with Gasteiger partial charge in [0.1, 0.15) is 11.8 Å². The second-order valence-corrected chi connectivity index (χ2v) is 5.33. The van der Waals surface area contributed by atoms with E-state index >= 15 is 0 Å². The van der Waals surface area contributed by atoms with Crippen LogP contribution in [0.15, 0.2) is 24.3 Å². The third-order valence-electron chi connectivity index (χ3n) is 3.99. The van der Waals surface area contributed by atoms with Crippen LogP contribution in [-0.2, 0) is 0 Å². The Kier molecular flexibility index (Phi) is 4.99. The van der Waals surface area contributed by atoms with Crippen molar-refractivity contribution in [1.82, 2.24) is 9.80 Å². The van der Waals surface area contributed by atoms with Gasteiger partial charge in [0.05, 0.1) is 12.7 Å². The summed E-state index contributed by atoms with van der Waals surface area (Å²) >= 11 is 0. The average molecular weight is 273 g/mol. The molecule has 1 saturated heterocycles. The summed E-state index contributed by atoms with van der Waals surface area (Å²) in [5.41, 5.74) is 0.980. The molecule has 0 spiro atoms. The van der Waals surface area contributed by atoms with Crippen molar-refractivity contribution in [2.45, 2.75) is 25.9 Å². The lowest BCUT2D eigenvalue weighted by Gasteiger charge is -2.40. The molecule has 2 atom stereocenters. The summed E-state index contributed by atoms with van der Waals surface area (Å²) in [6.07, 6.45) is 0. The van der Waals surface area contributed by atoms with Gasteiger partial charge in [-0.25, -0.2) is 0 Å². The van der Waals surface area contributed by atoms with Gasteiger partial charge in [-0.3, -0.25) is 4.90 Å². The fourth-order valence-corrected chi connectivity index (χ4v) is 2.65. The number of rotatable bonds is 4. The first kappa shape index (κ1) is 14.8. The maximum atomic E-state index is 9.62. The van der Waals surface area contributed by atoms with Crippen molar-refractivity contribution in [2.24, 2.45) is 0 Å². The lowest BCUT2D eigenvalue weighted by atomic mass is 10.0. The van der Waals surface area contributed by atoms with E-state index in [0.29, 0.717) is 12.6 Å². The van der Waals surface area contributed by atoms with Crippen molar-refractivity contribution in [3.63, 3.8) is 0 Å². The molecule has 0 saturated carbocycles. The monoisotopic (exact) mass is 273 g/mol. The Labute approximate surface area is 121 Å². The molecule has 0 aromatic heterocycles. The van der Waals surface area contributed by atoms with Gasteiger partial charge in [0.25, 0.3) is 0 Å². The Bertz CT molecular complexity index is 483.